The Kier molecular flexibility index (Phi) is 10.2. The average molecular weight is 633 g/mol. The van der Waals surface area contributed by atoms with Crippen molar-refractivity contribution in [1.29, 1.82) is 0 Å². The van der Waals surface area contributed by atoms with Gasteiger partial charge in [-0.2, -0.15) is 0 Å². The Morgan fingerprint density at radius 3 is 1.98 bits per heavy atom. The van der Waals surface area contributed by atoms with Crippen molar-refractivity contribution in [3.05, 3.63) is 130 Å². The van der Waals surface area contributed by atoms with E-state index in [-0.39, 0.29) is 23.7 Å². The summed E-state index contributed by atoms with van der Waals surface area (Å²) in [7, 11) is 1.46. The van der Waals surface area contributed by atoms with E-state index in [1.807, 2.05) is 77.7 Å². The van der Waals surface area contributed by atoms with Crippen molar-refractivity contribution in [2.45, 2.75) is 65.5 Å². The molecule has 4 aromatic carbocycles. The quantitative estimate of drug-likeness (QED) is 0.160. The van der Waals surface area contributed by atoms with Crippen LogP contribution in [-0.2, 0) is 42.4 Å². The van der Waals surface area contributed by atoms with E-state index >= 15 is 0 Å². The van der Waals surface area contributed by atoms with E-state index < -0.39 is 0 Å². The zero-order valence-corrected chi connectivity index (χ0v) is 27.6. The number of fused-ring (bicyclic) bond motifs is 1. The smallest absolute Gasteiger partial charge is 0.308 e. The number of carbonyl (C=O) groups is 2. The summed E-state index contributed by atoms with van der Waals surface area (Å²) in [6.07, 6.45) is 1.64. The Morgan fingerprint density at radius 2 is 1.36 bits per heavy atom. The first-order valence-electron chi connectivity index (χ1n) is 16.6. The van der Waals surface area contributed by atoms with E-state index in [1.165, 1.54) is 23.8 Å². The largest absolute Gasteiger partial charge is 0.488 e. The lowest BCUT2D eigenvalue weighted by molar-refractivity contribution is -0.147. The number of ether oxygens (including phenoxy) is 3. The number of hydrogen-bond acceptors (Lipinski definition) is 6. The monoisotopic (exact) mass is 632 g/mol. The Bertz CT molecular complexity index is 1680. The molecule has 6 rings (SSSR count). The standard InChI is InChI=1S/C40H44N2O5/c1-28(2)35-21-36(38(47-27-30-12-8-5-9-13-30)22-37(35)46-26-29-10-6-4-7-11-29)39(43)42-24-33-15-14-31(20-34(33)25-42)23-41-18-16-32(17-19-41)40(44)45-3/h4-15,20-22,28,32H,16-19,23-27H2,1-3H3. The van der Waals surface area contributed by atoms with Crippen LogP contribution in [0.3, 0.4) is 0 Å². The molecule has 0 spiro atoms. The van der Waals surface area contributed by atoms with Crippen LogP contribution in [0.15, 0.2) is 91.0 Å². The van der Waals surface area contributed by atoms with Gasteiger partial charge in [-0.3, -0.25) is 14.5 Å². The van der Waals surface area contributed by atoms with Crippen LogP contribution in [0.2, 0.25) is 0 Å². The van der Waals surface area contributed by atoms with Gasteiger partial charge in [0.1, 0.15) is 24.7 Å². The Morgan fingerprint density at radius 1 is 0.745 bits per heavy atom. The molecule has 1 saturated heterocycles. The molecule has 0 radical (unpaired) electrons. The van der Waals surface area contributed by atoms with Gasteiger partial charge in [0.05, 0.1) is 18.6 Å². The zero-order chi connectivity index (χ0) is 32.8. The molecule has 244 valence electrons. The summed E-state index contributed by atoms with van der Waals surface area (Å²) in [4.78, 5) is 30.5. The van der Waals surface area contributed by atoms with Crippen LogP contribution in [0.1, 0.15) is 76.3 Å². The summed E-state index contributed by atoms with van der Waals surface area (Å²) in [6.45, 7) is 8.69. The number of piperidine rings is 1. The van der Waals surface area contributed by atoms with Gasteiger partial charge >= 0.3 is 5.97 Å². The highest BCUT2D eigenvalue weighted by atomic mass is 16.5. The van der Waals surface area contributed by atoms with Crippen LogP contribution in [-0.4, -0.2) is 41.9 Å². The van der Waals surface area contributed by atoms with Gasteiger partial charge in [-0.05, 0) is 71.3 Å². The molecule has 2 aliphatic rings. The van der Waals surface area contributed by atoms with Gasteiger partial charge in [-0.1, -0.05) is 92.7 Å². The predicted octanol–water partition coefficient (Wildman–Crippen LogP) is 7.51. The van der Waals surface area contributed by atoms with Gasteiger partial charge in [0.15, 0.2) is 0 Å². The number of hydrogen-bond donors (Lipinski definition) is 0. The fraction of sp³-hybridized carbons (Fsp3) is 0.350. The van der Waals surface area contributed by atoms with Crippen LogP contribution in [0.4, 0.5) is 0 Å². The van der Waals surface area contributed by atoms with Crippen molar-refractivity contribution < 1.29 is 23.8 Å². The maximum atomic E-state index is 14.3. The number of nitrogens with zero attached hydrogens (tertiary/aromatic N) is 2. The highest BCUT2D eigenvalue weighted by Gasteiger charge is 2.29. The van der Waals surface area contributed by atoms with E-state index in [2.05, 4.69) is 36.9 Å². The second-order valence-corrected chi connectivity index (χ2v) is 12.9. The van der Waals surface area contributed by atoms with E-state index in [1.54, 1.807) is 0 Å². The minimum absolute atomic E-state index is 0.00175. The lowest BCUT2D eigenvalue weighted by atomic mass is 9.96. The third-order valence-corrected chi connectivity index (χ3v) is 9.25. The average Bonchev–Trinajstić information content (AvgIpc) is 3.54. The van der Waals surface area contributed by atoms with Gasteiger partial charge in [0, 0.05) is 25.7 Å². The third kappa shape index (κ3) is 7.86. The van der Waals surface area contributed by atoms with E-state index in [0.29, 0.717) is 37.6 Å². The molecule has 47 heavy (non-hydrogen) atoms. The third-order valence-electron chi connectivity index (χ3n) is 9.25. The Balaban J connectivity index is 1.20. The number of amides is 1. The van der Waals surface area contributed by atoms with Gasteiger partial charge in [0.25, 0.3) is 5.91 Å². The van der Waals surface area contributed by atoms with Crippen molar-refractivity contribution in [3.63, 3.8) is 0 Å². The van der Waals surface area contributed by atoms with Crippen LogP contribution >= 0.6 is 0 Å². The molecular formula is C40H44N2O5. The molecule has 0 aliphatic carbocycles. The lowest BCUT2D eigenvalue weighted by Gasteiger charge is -2.30. The van der Waals surface area contributed by atoms with Crippen LogP contribution < -0.4 is 9.47 Å². The molecule has 4 aromatic rings. The predicted molar refractivity (Wildman–Crippen MR) is 182 cm³/mol. The Hall–Kier alpha value is -4.62. The van der Waals surface area contributed by atoms with Crippen molar-refractivity contribution in [2.24, 2.45) is 5.92 Å². The molecular weight excluding hydrogens is 588 g/mol. The van der Waals surface area contributed by atoms with E-state index in [4.69, 9.17) is 14.2 Å². The van der Waals surface area contributed by atoms with Crippen molar-refractivity contribution in [3.8, 4) is 11.5 Å². The molecule has 1 fully saturated rings. The first kappa shape index (κ1) is 32.3. The van der Waals surface area contributed by atoms with E-state index in [0.717, 1.165) is 54.9 Å². The number of methoxy groups -OCH3 is 1. The summed E-state index contributed by atoms with van der Waals surface area (Å²) < 4.78 is 17.7. The number of rotatable bonds is 11. The van der Waals surface area contributed by atoms with Gasteiger partial charge in [0.2, 0.25) is 0 Å². The fourth-order valence-electron chi connectivity index (χ4n) is 6.52. The van der Waals surface area contributed by atoms with Crippen LogP contribution in [0.25, 0.3) is 0 Å². The van der Waals surface area contributed by atoms with Crippen molar-refractivity contribution >= 4 is 11.9 Å². The molecule has 0 aromatic heterocycles. The normalized spacial score (nSPS) is 15.0. The minimum atomic E-state index is -0.101. The molecule has 7 nitrogen and oxygen atoms in total. The lowest BCUT2D eigenvalue weighted by Crippen LogP contribution is -2.36. The van der Waals surface area contributed by atoms with E-state index in [9.17, 15) is 9.59 Å². The molecule has 0 saturated carbocycles. The van der Waals surface area contributed by atoms with Crippen LogP contribution in [0, 0.1) is 5.92 Å². The molecule has 1 amide bonds. The van der Waals surface area contributed by atoms with Crippen molar-refractivity contribution in [1.82, 2.24) is 9.80 Å². The number of carbonyl (C=O) groups excluding carboxylic acids is 2. The highest BCUT2D eigenvalue weighted by molar-refractivity contribution is 5.98. The molecule has 7 heteroatoms. The van der Waals surface area contributed by atoms with Gasteiger partial charge < -0.3 is 19.1 Å². The van der Waals surface area contributed by atoms with Gasteiger partial charge in [-0.25, -0.2) is 0 Å². The maximum absolute atomic E-state index is 14.3. The highest BCUT2D eigenvalue weighted by Crippen LogP contribution is 2.37. The summed E-state index contributed by atoms with van der Waals surface area (Å²) in [5, 5.41) is 0. The number of benzene rings is 4. The summed E-state index contributed by atoms with van der Waals surface area (Å²) >= 11 is 0. The number of likely N-dealkylation sites (tertiary alicyclic amines) is 1. The number of esters is 1. The first-order chi connectivity index (χ1) is 22.9. The second-order valence-electron chi connectivity index (χ2n) is 12.9. The minimum Gasteiger partial charge on any atom is -0.488 e. The summed E-state index contributed by atoms with van der Waals surface area (Å²) in [6, 6.07) is 30.5. The van der Waals surface area contributed by atoms with Crippen molar-refractivity contribution in [2.75, 3.05) is 20.2 Å². The van der Waals surface area contributed by atoms with Gasteiger partial charge in [-0.15, -0.1) is 0 Å². The van der Waals surface area contributed by atoms with Crippen LogP contribution in [0.5, 0.6) is 11.5 Å². The molecule has 0 atom stereocenters. The molecule has 0 bridgehead atoms. The first-order valence-corrected chi connectivity index (χ1v) is 16.6. The molecule has 0 unspecified atom stereocenters. The topological polar surface area (TPSA) is 68.3 Å². The molecule has 0 N–H and O–H groups in total. The Labute approximate surface area is 278 Å². The fourth-order valence-corrected chi connectivity index (χ4v) is 6.52. The summed E-state index contributed by atoms with van der Waals surface area (Å²) in [5.41, 5.74) is 7.22. The SMILES string of the molecule is COC(=O)C1CCN(Cc2ccc3c(c2)CN(C(=O)c2cc(C(C)C)c(OCc4ccccc4)cc2OCc2ccccc2)C3)CC1. The maximum Gasteiger partial charge on any atom is 0.308 e. The molecule has 2 heterocycles. The molecule has 2 aliphatic heterocycles. The zero-order valence-electron chi connectivity index (χ0n) is 27.6. The summed E-state index contributed by atoms with van der Waals surface area (Å²) in [5.74, 6) is 1.25. The second kappa shape index (κ2) is 14.9.